The molecule has 3 rings (SSSR count). The topological polar surface area (TPSA) is 32.3 Å². The minimum Gasteiger partial charge on any atom is -0.339 e. The Kier molecular flexibility index (Phi) is 3.83. The highest BCUT2D eigenvalue weighted by Gasteiger charge is 2.21. The number of carbonyl (C=O) groups excluding carboxylic acids is 1. The fourth-order valence-electron chi connectivity index (χ4n) is 3.16. The van der Waals surface area contributed by atoms with Gasteiger partial charge < -0.3 is 10.2 Å². The molecule has 1 unspecified atom stereocenters. The van der Waals surface area contributed by atoms with Crippen molar-refractivity contribution in [3.05, 3.63) is 35.4 Å². The standard InChI is InChI=1S/C16H22N2O/c19-16(18-9-1-2-10-18)14-6-3-5-13(11-14)15-7-4-8-17-12-15/h3,5-6,11,15,17H,1-2,4,7-10,12H2. The Morgan fingerprint density at radius 1 is 1.21 bits per heavy atom. The van der Waals surface area contributed by atoms with Gasteiger partial charge >= 0.3 is 0 Å². The molecule has 2 fully saturated rings. The van der Waals surface area contributed by atoms with Crippen molar-refractivity contribution in [2.75, 3.05) is 26.2 Å². The van der Waals surface area contributed by atoms with E-state index in [1.165, 1.54) is 18.4 Å². The fourth-order valence-corrected chi connectivity index (χ4v) is 3.16. The van der Waals surface area contributed by atoms with Crippen LogP contribution in [0.3, 0.4) is 0 Å². The maximum Gasteiger partial charge on any atom is 0.253 e. The molecule has 1 N–H and O–H groups in total. The normalized spacial score (nSPS) is 23.6. The van der Waals surface area contributed by atoms with Crippen LogP contribution >= 0.6 is 0 Å². The van der Waals surface area contributed by atoms with Gasteiger partial charge in [0, 0.05) is 25.2 Å². The molecular formula is C16H22N2O. The summed E-state index contributed by atoms with van der Waals surface area (Å²) in [5.41, 5.74) is 2.18. The van der Waals surface area contributed by atoms with E-state index in [2.05, 4.69) is 17.4 Å². The highest BCUT2D eigenvalue weighted by atomic mass is 16.2. The van der Waals surface area contributed by atoms with Gasteiger partial charge in [-0.25, -0.2) is 0 Å². The third kappa shape index (κ3) is 2.81. The van der Waals surface area contributed by atoms with Gasteiger partial charge in [0.1, 0.15) is 0 Å². The fraction of sp³-hybridized carbons (Fsp3) is 0.562. The van der Waals surface area contributed by atoms with Crippen LogP contribution in [-0.4, -0.2) is 37.0 Å². The summed E-state index contributed by atoms with van der Waals surface area (Å²) in [5.74, 6) is 0.781. The highest BCUT2D eigenvalue weighted by Crippen LogP contribution is 2.24. The molecule has 2 aliphatic heterocycles. The summed E-state index contributed by atoms with van der Waals surface area (Å²) in [6.07, 6.45) is 4.76. The number of rotatable bonds is 2. The molecule has 1 aromatic carbocycles. The van der Waals surface area contributed by atoms with Gasteiger partial charge in [0.05, 0.1) is 0 Å². The van der Waals surface area contributed by atoms with Crippen LogP contribution in [0.1, 0.15) is 47.5 Å². The van der Waals surface area contributed by atoms with Crippen LogP contribution in [-0.2, 0) is 0 Å². The van der Waals surface area contributed by atoms with Crippen LogP contribution in [0.5, 0.6) is 0 Å². The van der Waals surface area contributed by atoms with Crippen molar-refractivity contribution >= 4 is 5.91 Å². The molecule has 0 spiro atoms. The third-order valence-corrected chi connectivity index (χ3v) is 4.30. The Balaban J connectivity index is 1.76. The second-order valence-electron chi connectivity index (χ2n) is 5.67. The zero-order valence-corrected chi connectivity index (χ0v) is 11.4. The number of likely N-dealkylation sites (tertiary alicyclic amines) is 1. The zero-order chi connectivity index (χ0) is 13.1. The van der Waals surface area contributed by atoms with Crippen molar-refractivity contribution in [2.24, 2.45) is 0 Å². The van der Waals surface area contributed by atoms with Gasteiger partial charge in [-0.15, -0.1) is 0 Å². The minimum absolute atomic E-state index is 0.211. The number of hydrogen-bond acceptors (Lipinski definition) is 2. The van der Waals surface area contributed by atoms with Crippen LogP contribution in [0, 0.1) is 0 Å². The summed E-state index contributed by atoms with van der Waals surface area (Å²) in [5, 5.41) is 3.44. The molecule has 0 bridgehead atoms. The van der Waals surface area contributed by atoms with Crippen LogP contribution in [0.15, 0.2) is 24.3 Å². The van der Waals surface area contributed by atoms with E-state index in [1.54, 1.807) is 0 Å². The highest BCUT2D eigenvalue weighted by molar-refractivity contribution is 5.94. The second kappa shape index (κ2) is 5.74. The Morgan fingerprint density at radius 3 is 2.79 bits per heavy atom. The lowest BCUT2D eigenvalue weighted by atomic mass is 9.90. The van der Waals surface area contributed by atoms with Crippen molar-refractivity contribution in [2.45, 2.75) is 31.6 Å². The summed E-state index contributed by atoms with van der Waals surface area (Å²) >= 11 is 0. The number of piperidine rings is 1. The quantitative estimate of drug-likeness (QED) is 0.883. The van der Waals surface area contributed by atoms with Crippen molar-refractivity contribution in [3.8, 4) is 0 Å². The molecular weight excluding hydrogens is 236 g/mol. The average Bonchev–Trinajstić information content (AvgIpc) is 3.02. The van der Waals surface area contributed by atoms with E-state index >= 15 is 0 Å². The van der Waals surface area contributed by atoms with E-state index < -0.39 is 0 Å². The Labute approximate surface area is 115 Å². The molecule has 1 atom stereocenters. The van der Waals surface area contributed by atoms with Crippen molar-refractivity contribution in [1.82, 2.24) is 10.2 Å². The van der Waals surface area contributed by atoms with E-state index in [-0.39, 0.29) is 5.91 Å². The number of nitrogens with zero attached hydrogens (tertiary/aromatic N) is 1. The predicted octanol–water partition coefficient (Wildman–Crippen LogP) is 2.39. The zero-order valence-electron chi connectivity index (χ0n) is 11.4. The number of hydrogen-bond donors (Lipinski definition) is 1. The number of carbonyl (C=O) groups is 1. The monoisotopic (exact) mass is 258 g/mol. The summed E-state index contributed by atoms with van der Waals surface area (Å²) in [4.78, 5) is 14.4. The molecule has 102 valence electrons. The maximum absolute atomic E-state index is 12.4. The third-order valence-electron chi connectivity index (χ3n) is 4.30. The molecule has 1 aromatic rings. The van der Waals surface area contributed by atoms with Crippen molar-refractivity contribution < 1.29 is 4.79 Å². The first kappa shape index (κ1) is 12.7. The largest absolute Gasteiger partial charge is 0.339 e. The molecule has 19 heavy (non-hydrogen) atoms. The van der Waals surface area contributed by atoms with E-state index in [9.17, 15) is 4.79 Å². The lowest BCUT2D eigenvalue weighted by molar-refractivity contribution is 0.0792. The predicted molar refractivity (Wildman–Crippen MR) is 76.4 cm³/mol. The smallest absolute Gasteiger partial charge is 0.253 e. The van der Waals surface area contributed by atoms with Gasteiger partial charge in [-0.2, -0.15) is 0 Å². The van der Waals surface area contributed by atoms with E-state index in [4.69, 9.17) is 0 Å². The van der Waals surface area contributed by atoms with Gasteiger partial charge in [0.2, 0.25) is 0 Å². The summed E-state index contributed by atoms with van der Waals surface area (Å²) in [7, 11) is 0. The molecule has 1 amide bonds. The SMILES string of the molecule is O=C(c1cccc(C2CCCNC2)c1)N1CCCC1. The summed E-state index contributed by atoms with van der Waals surface area (Å²) in [6.45, 7) is 4.02. The Bertz CT molecular complexity index is 446. The first-order valence-electron chi connectivity index (χ1n) is 7.44. The first-order chi connectivity index (χ1) is 9.34. The minimum atomic E-state index is 0.211. The lowest BCUT2D eigenvalue weighted by Crippen LogP contribution is -2.29. The van der Waals surface area contributed by atoms with E-state index in [0.717, 1.165) is 44.6 Å². The Hall–Kier alpha value is -1.35. The van der Waals surface area contributed by atoms with Crippen molar-refractivity contribution in [3.63, 3.8) is 0 Å². The van der Waals surface area contributed by atoms with Crippen LogP contribution in [0.4, 0.5) is 0 Å². The first-order valence-corrected chi connectivity index (χ1v) is 7.44. The molecule has 3 heteroatoms. The molecule has 3 nitrogen and oxygen atoms in total. The molecule has 0 radical (unpaired) electrons. The number of benzene rings is 1. The van der Waals surface area contributed by atoms with Gasteiger partial charge in [-0.3, -0.25) is 4.79 Å². The van der Waals surface area contributed by atoms with Crippen LogP contribution < -0.4 is 5.32 Å². The average molecular weight is 258 g/mol. The second-order valence-corrected chi connectivity index (χ2v) is 5.67. The van der Waals surface area contributed by atoms with Gasteiger partial charge in [0.25, 0.3) is 5.91 Å². The molecule has 0 aliphatic carbocycles. The van der Waals surface area contributed by atoms with E-state index in [1.807, 2.05) is 17.0 Å². The summed E-state index contributed by atoms with van der Waals surface area (Å²) in [6, 6.07) is 8.27. The van der Waals surface area contributed by atoms with E-state index in [0.29, 0.717) is 5.92 Å². The lowest BCUT2D eigenvalue weighted by Gasteiger charge is -2.24. The Morgan fingerprint density at radius 2 is 2.05 bits per heavy atom. The van der Waals surface area contributed by atoms with Gasteiger partial charge in [-0.1, -0.05) is 12.1 Å². The molecule has 0 saturated carbocycles. The van der Waals surface area contributed by atoms with Crippen LogP contribution in [0.2, 0.25) is 0 Å². The molecule has 2 saturated heterocycles. The number of amides is 1. The molecule has 2 aliphatic rings. The summed E-state index contributed by atoms with van der Waals surface area (Å²) < 4.78 is 0. The van der Waals surface area contributed by atoms with Gasteiger partial charge in [-0.05, 0) is 55.8 Å². The maximum atomic E-state index is 12.4. The number of nitrogens with one attached hydrogen (secondary N) is 1. The van der Waals surface area contributed by atoms with Crippen molar-refractivity contribution in [1.29, 1.82) is 0 Å². The molecule has 2 heterocycles. The molecule has 0 aromatic heterocycles. The van der Waals surface area contributed by atoms with Gasteiger partial charge in [0.15, 0.2) is 0 Å². The van der Waals surface area contributed by atoms with Crippen LogP contribution in [0.25, 0.3) is 0 Å².